The molecule has 0 saturated carbocycles. The van der Waals surface area contributed by atoms with Crippen molar-refractivity contribution in [3.63, 3.8) is 0 Å². The molecule has 4 rings (SSSR count). The number of rotatable bonds is 7. The molecule has 1 aliphatic rings. The van der Waals surface area contributed by atoms with Gasteiger partial charge in [0, 0.05) is 12.1 Å². The highest BCUT2D eigenvalue weighted by Crippen LogP contribution is 2.24. The summed E-state index contributed by atoms with van der Waals surface area (Å²) in [6, 6.07) is 14.5. The van der Waals surface area contributed by atoms with Crippen LogP contribution in [0.4, 0.5) is 0 Å². The fraction of sp³-hybridized carbons (Fsp3) is 0.444. The van der Waals surface area contributed by atoms with Crippen molar-refractivity contribution < 1.29 is 9.32 Å². The Morgan fingerprint density at radius 2 is 1.97 bits per heavy atom. The number of carbonyl (C=O) groups excluding carboxylic acids is 1. The second-order valence-corrected chi connectivity index (χ2v) is 9.21. The lowest BCUT2D eigenvalue weighted by molar-refractivity contribution is -0.127. The van der Waals surface area contributed by atoms with Crippen LogP contribution in [0.1, 0.15) is 60.4 Å². The van der Waals surface area contributed by atoms with Crippen molar-refractivity contribution in [2.45, 2.75) is 59.5 Å². The number of likely N-dealkylation sites (tertiary alicyclic amines) is 1. The van der Waals surface area contributed by atoms with E-state index in [4.69, 9.17) is 4.52 Å². The van der Waals surface area contributed by atoms with Crippen molar-refractivity contribution in [2.75, 3.05) is 13.1 Å². The smallest absolute Gasteiger partial charge is 0.241 e. The molecule has 174 valence electrons. The molecule has 6 heteroatoms. The third-order valence-electron chi connectivity index (χ3n) is 6.75. The van der Waals surface area contributed by atoms with Gasteiger partial charge in [-0.15, -0.1) is 0 Å². The molecule has 33 heavy (non-hydrogen) atoms. The van der Waals surface area contributed by atoms with Crippen LogP contribution in [0.25, 0.3) is 11.4 Å². The third-order valence-corrected chi connectivity index (χ3v) is 6.75. The fourth-order valence-corrected chi connectivity index (χ4v) is 4.55. The summed E-state index contributed by atoms with van der Waals surface area (Å²) in [5, 5.41) is 7.47. The molecular weight excluding hydrogens is 412 g/mol. The van der Waals surface area contributed by atoms with Crippen molar-refractivity contribution in [1.82, 2.24) is 20.4 Å². The summed E-state index contributed by atoms with van der Waals surface area (Å²) in [4.78, 5) is 20.0. The lowest BCUT2D eigenvalue weighted by atomic mass is 9.95. The Balaban J connectivity index is 1.37. The first-order chi connectivity index (χ1) is 15.9. The Bertz CT molecular complexity index is 1110. The van der Waals surface area contributed by atoms with Gasteiger partial charge < -0.3 is 9.84 Å². The number of aromatic nitrogens is 2. The molecule has 0 radical (unpaired) electrons. The maximum absolute atomic E-state index is 13.1. The van der Waals surface area contributed by atoms with Gasteiger partial charge in [-0.05, 0) is 68.8 Å². The number of nitrogens with one attached hydrogen (secondary N) is 1. The highest BCUT2D eigenvalue weighted by atomic mass is 16.5. The quantitative estimate of drug-likeness (QED) is 0.544. The Hall–Kier alpha value is -2.99. The summed E-state index contributed by atoms with van der Waals surface area (Å²) in [7, 11) is 0. The standard InChI is InChI=1S/C27H34N4O2/c1-5-24(21-13-12-18(2)20(4)15-21)28-27(32)22-10-8-14-31(16-22)17-25-29-26(30-33-25)23-11-7-6-9-19(23)3/h6-7,9,11-13,15,22,24H,5,8,10,14,16-17H2,1-4H3,(H,28,32). The van der Waals surface area contributed by atoms with Crippen molar-refractivity contribution in [3.05, 3.63) is 70.6 Å². The van der Waals surface area contributed by atoms with Gasteiger partial charge in [0.15, 0.2) is 0 Å². The van der Waals surface area contributed by atoms with Crippen LogP contribution in [0.15, 0.2) is 47.0 Å². The van der Waals surface area contributed by atoms with Gasteiger partial charge in [0.2, 0.25) is 17.6 Å². The Morgan fingerprint density at radius 3 is 2.73 bits per heavy atom. The van der Waals surface area contributed by atoms with E-state index in [2.05, 4.69) is 59.3 Å². The Kier molecular flexibility index (Phi) is 7.23. The average molecular weight is 447 g/mol. The van der Waals surface area contributed by atoms with Crippen LogP contribution in [-0.2, 0) is 11.3 Å². The van der Waals surface area contributed by atoms with Crippen molar-refractivity contribution in [2.24, 2.45) is 5.92 Å². The Morgan fingerprint density at radius 1 is 1.15 bits per heavy atom. The summed E-state index contributed by atoms with van der Waals surface area (Å²) in [6.07, 6.45) is 2.76. The van der Waals surface area contributed by atoms with E-state index in [1.165, 1.54) is 16.7 Å². The van der Waals surface area contributed by atoms with Crippen molar-refractivity contribution in [1.29, 1.82) is 0 Å². The number of piperidine rings is 1. The molecule has 1 N–H and O–H groups in total. The molecule has 1 saturated heterocycles. The van der Waals surface area contributed by atoms with Crippen LogP contribution in [-0.4, -0.2) is 34.0 Å². The van der Waals surface area contributed by atoms with E-state index < -0.39 is 0 Å². The largest absolute Gasteiger partial charge is 0.349 e. The lowest BCUT2D eigenvalue weighted by Crippen LogP contribution is -2.43. The van der Waals surface area contributed by atoms with Gasteiger partial charge in [-0.3, -0.25) is 9.69 Å². The number of aryl methyl sites for hydroxylation is 3. The second-order valence-electron chi connectivity index (χ2n) is 9.21. The van der Waals surface area contributed by atoms with Crippen molar-refractivity contribution in [3.8, 4) is 11.4 Å². The lowest BCUT2D eigenvalue weighted by Gasteiger charge is -2.32. The number of amides is 1. The number of nitrogens with zero attached hydrogens (tertiary/aromatic N) is 3. The predicted octanol–water partition coefficient (Wildman–Crippen LogP) is 5.14. The summed E-state index contributed by atoms with van der Waals surface area (Å²) in [5.74, 6) is 1.32. The van der Waals surface area contributed by atoms with Crippen LogP contribution < -0.4 is 5.32 Å². The van der Waals surface area contributed by atoms with Crippen LogP contribution in [0, 0.1) is 26.7 Å². The molecule has 2 heterocycles. The molecule has 0 spiro atoms. The first-order valence-corrected chi connectivity index (χ1v) is 11.9. The molecule has 1 aromatic heterocycles. The molecule has 6 nitrogen and oxygen atoms in total. The third kappa shape index (κ3) is 5.50. The van der Waals surface area contributed by atoms with Gasteiger partial charge in [-0.1, -0.05) is 54.5 Å². The van der Waals surface area contributed by atoms with E-state index in [9.17, 15) is 4.79 Å². The molecule has 0 bridgehead atoms. The summed E-state index contributed by atoms with van der Waals surface area (Å²) >= 11 is 0. The maximum atomic E-state index is 13.1. The van der Waals surface area contributed by atoms with Gasteiger partial charge in [0.1, 0.15) is 0 Å². The molecule has 0 aliphatic carbocycles. The topological polar surface area (TPSA) is 71.3 Å². The van der Waals surface area contributed by atoms with Gasteiger partial charge in [0.25, 0.3) is 0 Å². The second kappa shape index (κ2) is 10.3. The first-order valence-electron chi connectivity index (χ1n) is 11.9. The van der Waals surface area contributed by atoms with Gasteiger partial charge >= 0.3 is 0 Å². The number of carbonyl (C=O) groups is 1. The SMILES string of the molecule is CCC(NC(=O)C1CCCN(Cc2nc(-c3ccccc3C)no2)C1)c1ccc(C)c(C)c1. The van der Waals surface area contributed by atoms with E-state index in [1.54, 1.807) is 0 Å². The van der Waals surface area contributed by atoms with E-state index >= 15 is 0 Å². The van der Waals surface area contributed by atoms with E-state index in [0.717, 1.165) is 36.9 Å². The minimum atomic E-state index is -0.0295. The average Bonchev–Trinajstić information content (AvgIpc) is 3.27. The van der Waals surface area contributed by atoms with Crippen LogP contribution in [0.2, 0.25) is 0 Å². The normalized spacial score (nSPS) is 17.6. The van der Waals surface area contributed by atoms with Crippen LogP contribution in [0.5, 0.6) is 0 Å². The first kappa shape index (κ1) is 23.2. The highest BCUT2D eigenvalue weighted by Gasteiger charge is 2.28. The highest BCUT2D eigenvalue weighted by molar-refractivity contribution is 5.79. The number of hydrogen-bond acceptors (Lipinski definition) is 5. The summed E-state index contributed by atoms with van der Waals surface area (Å²) in [5.41, 5.74) is 5.81. The zero-order chi connectivity index (χ0) is 23.4. The monoisotopic (exact) mass is 446 g/mol. The predicted molar refractivity (Wildman–Crippen MR) is 130 cm³/mol. The molecule has 3 aromatic rings. The maximum Gasteiger partial charge on any atom is 0.241 e. The van der Waals surface area contributed by atoms with Gasteiger partial charge in [-0.2, -0.15) is 4.98 Å². The molecule has 1 amide bonds. The van der Waals surface area contributed by atoms with E-state index in [-0.39, 0.29) is 17.9 Å². The molecule has 2 aromatic carbocycles. The molecule has 2 unspecified atom stereocenters. The summed E-state index contributed by atoms with van der Waals surface area (Å²) in [6.45, 7) is 10.6. The fourth-order valence-electron chi connectivity index (χ4n) is 4.55. The van der Waals surface area contributed by atoms with Crippen LogP contribution >= 0.6 is 0 Å². The molecule has 1 fully saturated rings. The minimum Gasteiger partial charge on any atom is -0.349 e. The number of benzene rings is 2. The summed E-state index contributed by atoms with van der Waals surface area (Å²) < 4.78 is 5.53. The van der Waals surface area contributed by atoms with Gasteiger partial charge in [-0.25, -0.2) is 0 Å². The van der Waals surface area contributed by atoms with Gasteiger partial charge in [0.05, 0.1) is 18.5 Å². The zero-order valence-corrected chi connectivity index (χ0v) is 20.1. The molecule has 2 atom stereocenters. The van der Waals surface area contributed by atoms with Crippen molar-refractivity contribution >= 4 is 5.91 Å². The minimum absolute atomic E-state index is 0.0295. The number of hydrogen-bond donors (Lipinski definition) is 1. The zero-order valence-electron chi connectivity index (χ0n) is 20.1. The van der Waals surface area contributed by atoms with E-state index in [0.29, 0.717) is 24.8 Å². The van der Waals surface area contributed by atoms with E-state index in [1.807, 2.05) is 31.2 Å². The molecule has 1 aliphatic heterocycles. The van der Waals surface area contributed by atoms with Crippen LogP contribution in [0.3, 0.4) is 0 Å². The molecular formula is C27H34N4O2. The Labute approximate surface area is 196 Å².